The zero-order valence-electron chi connectivity index (χ0n) is 11.6. The van der Waals surface area contributed by atoms with Crippen LogP contribution in [0.1, 0.15) is 19.3 Å². The molecule has 114 valence electrons. The van der Waals surface area contributed by atoms with Crippen molar-refractivity contribution in [2.75, 3.05) is 18.9 Å². The Morgan fingerprint density at radius 1 is 1.19 bits per heavy atom. The van der Waals surface area contributed by atoms with Gasteiger partial charge in [0.1, 0.15) is 4.90 Å². The fourth-order valence-electron chi connectivity index (χ4n) is 2.08. The zero-order chi connectivity index (χ0) is 15.3. The first-order valence-corrected chi connectivity index (χ1v) is 8.28. The molecule has 0 saturated heterocycles. The number of nitrogens with one attached hydrogen (secondary N) is 1. The number of hydrogen-bond acceptors (Lipinski definition) is 5. The molecule has 0 bridgehead atoms. The van der Waals surface area contributed by atoms with E-state index in [4.69, 9.17) is 10.8 Å². The number of aliphatic hydroxyl groups is 1. The van der Waals surface area contributed by atoms with Crippen LogP contribution in [0.2, 0.25) is 0 Å². The van der Waals surface area contributed by atoms with Crippen LogP contribution in [-0.2, 0) is 10.0 Å². The standard InChI is InChI=1S/C14H19N3O3S/c15-12-6-7-13(14-11(12)5-4-8-16-14)21(19,20)17-9-2-1-3-10-18/h4-8,17-18H,1-3,9-10,15H2. The Hall–Kier alpha value is -1.70. The lowest BCUT2D eigenvalue weighted by Gasteiger charge is -2.10. The van der Waals surface area contributed by atoms with Crippen molar-refractivity contribution in [2.45, 2.75) is 24.2 Å². The lowest BCUT2D eigenvalue weighted by molar-refractivity contribution is 0.283. The number of anilines is 1. The summed E-state index contributed by atoms with van der Waals surface area (Å²) in [7, 11) is -3.62. The second-order valence-corrected chi connectivity index (χ2v) is 6.47. The molecule has 0 aliphatic heterocycles. The summed E-state index contributed by atoms with van der Waals surface area (Å²) in [5, 5.41) is 9.31. The molecular weight excluding hydrogens is 290 g/mol. The molecular formula is C14H19N3O3S. The van der Waals surface area contributed by atoms with E-state index in [-0.39, 0.29) is 11.5 Å². The van der Waals surface area contributed by atoms with Gasteiger partial charge in [-0.05, 0) is 43.5 Å². The molecule has 0 unspecified atom stereocenters. The number of benzene rings is 1. The SMILES string of the molecule is Nc1ccc(S(=O)(=O)NCCCCCO)c2ncccc12. The van der Waals surface area contributed by atoms with Crippen molar-refractivity contribution in [3.63, 3.8) is 0 Å². The van der Waals surface area contributed by atoms with Crippen molar-refractivity contribution in [1.82, 2.24) is 9.71 Å². The molecule has 2 aromatic rings. The van der Waals surface area contributed by atoms with Crippen molar-refractivity contribution in [2.24, 2.45) is 0 Å². The summed E-state index contributed by atoms with van der Waals surface area (Å²) in [6.45, 7) is 0.459. The minimum absolute atomic E-state index is 0.124. The van der Waals surface area contributed by atoms with Gasteiger partial charge in [0.2, 0.25) is 10.0 Å². The van der Waals surface area contributed by atoms with Crippen LogP contribution in [0.4, 0.5) is 5.69 Å². The van der Waals surface area contributed by atoms with E-state index in [1.165, 1.54) is 6.07 Å². The molecule has 4 N–H and O–H groups in total. The number of hydrogen-bond donors (Lipinski definition) is 3. The van der Waals surface area contributed by atoms with Crippen LogP contribution in [-0.4, -0.2) is 31.7 Å². The van der Waals surface area contributed by atoms with Crippen LogP contribution in [0.25, 0.3) is 10.9 Å². The summed E-state index contributed by atoms with van der Waals surface area (Å²) in [5.74, 6) is 0. The third kappa shape index (κ3) is 3.69. The second kappa shape index (κ2) is 6.84. The van der Waals surface area contributed by atoms with Crippen molar-refractivity contribution >= 4 is 26.6 Å². The lowest BCUT2D eigenvalue weighted by Crippen LogP contribution is -2.25. The van der Waals surface area contributed by atoms with Crippen LogP contribution in [0.5, 0.6) is 0 Å². The Bertz CT molecular complexity index is 716. The van der Waals surface area contributed by atoms with Crippen molar-refractivity contribution in [3.05, 3.63) is 30.5 Å². The Kier molecular flexibility index (Phi) is 5.11. The fraction of sp³-hybridized carbons (Fsp3) is 0.357. The quantitative estimate of drug-likeness (QED) is 0.527. The van der Waals surface area contributed by atoms with E-state index in [9.17, 15) is 8.42 Å². The van der Waals surface area contributed by atoms with Crippen molar-refractivity contribution in [1.29, 1.82) is 0 Å². The molecule has 0 fully saturated rings. The predicted molar refractivity (Wildman–Crippen MR) is 82.3 cm³/mol. The van der Waals surface area contributed by atoms with Gasteiger partial charge in [0.15, 0.2) is 0 Å². The number of sulfonamides is 1. The molecule has 0 saturated carbocycles. The second-order valence-electron chi connectivity index (χ2n) is 4.73. The van der Waals surface area contributed by atoms with Gasteiger partial charge in [-0.1, -0.05) is 0 Å². The van der Waals surface area contributed by atoms with E-state index in [0.29, 0.717) is 36.0 Å². The smallest absolute Gasteiger partial charge is 0.242 e. The number of fused-ring (bicyclic) bond motifs is 1. The Morgan fingerprint density at radius 3 is 2.76 bits per heavy atom. The molecule has 0 aliphatic rings. The molecule has 21 heavy (non-hydrogen) atoms. The first-order chi connectivity index (χ1) is 10.1. The highest BCUT2D eigenvalue weighted by Crippen LogP contribution is 2.25. The van der Waals surface area contributed by atoms with Crippen LogP contribution in [0.3, 0.4) is 0 Å². The number of nitrogens with two attached hydrogens (primary N) is 1. The van der Waals surface area contributed by atoms with E-state index >= 15 is 0 Å². The van der Waals surface area contributed by atoms with Gasteiger partial charge in [0.25, 0.3) is 0 Å². The number of aliphatic hydroxyl groups excluding tert-OH is 1. The van der Waals surface area contributed by atoms with Gasteiger partial charge in [-0.25, -0.2) is 13.1 Å². The Balaban J connectivity index is 2.23. The lowest BCUT2D eigenvalue weighted by atomic mass is 10.2. The number of rotatable bonds is 7. The highest BCUT2D eigenvalue weighted by molar-refractivity contribution is 7.89. The largest absolute Gasteiger partial charge is 0.398 e. The summed E-state index contributed by atoms with van der Waals surface area (Å²) in [5.41, 5.74) is 6.72. The predicted octanol–water partition coefficient (Wildman–Crippen LogP) is 1.26. The third-order valence-electron chi connectivity index (χ3n) is 3.18. The summed E-state index contributed by atoms with van der Waals surface area (Å²) >= 11 is 0. The monoisotopic (exact) mass is 309 g/mol. The van der Waals surface area contributed by atoms with Crippen molar-refractivity contribution < 1.29 is 13.5 Å². The molecule has 0 radical (unpaired) electrons. The maximum Gasteiger partial charge on any atom is 0.242 e. The van der Waals surface area contributed by atoms with E-state index in [1.807, 2.05) is 0 Å². The minimum atomic E-state index is -3.62. The summed E-state index contributed by atoms with van der Waals surface area (Å²) < 4.78 is 27.3. The maximum absolute atomic E-state index is 12.3. The molecule has 0 spiro atoms. The van der Waals surface area contributed by atoms with Crippen LogP contribution < -0.4 is 10.5 Å². The van der Waals surface area contributed by atoms with Crippen LogP contribution in [0, 0.1) is 0 Å². The molecule has 7 heteroatoms. The van der Waals surface area contributed by atoms with Gasteiger partial charge in [-0.2, -0.15) is 0 Å². The van der Waals surface area contributed by atoms with E-state index < -0.39 is 10.0 Å². The normalized spacial score (nSPS) is 11.9. The van der Waals surface area contributed by atoms with Gasteiger partial charge in [-0.3, -0.25) is 4.98 Å². The van der Waals surface area contributed by atoms with Gasteiger partial charge in [-0.15, -0.1) is 0 Å². The molecule has 0 atom stereocenters. The fourth-order valence-corrected chi connectivity index (χ4v) is 3.32. The number of unbranched alkanes of at least 4 members (excludes halogenated alkanes) is 2. The van der Waals surface area contributed by atoms with Crippen LogP contribution in [0.15, 0.2) is 35.4 Å². The molecule has 6 nitrogen and oxygen atoms in total. The number of nitrogen functional groups attached to an aromatic ring is 1. The molecule has 0 aliphatic carbocycles. The molecule has 1 aromatic heterocycles. The average Bonchev–Trinajstić information content (AvgIpc) is 2.47. The summed E-state index contributed by atoms with van der Waals surface area (Å²) in [6.07, 6.45) is 3.68. The van der Waals surface area contributed by atoms with Gasteiger partial charge < -0.3 is 10.8 Å². The first-order valence-electron chi connectivity index (χ1n) is 6.80. The number of nitrogens with zero attached hydrogens (tertiary/aromatic N) is 1. The highest BCUT2D eigenvalue weighted by Gasteiger charge is 2.18. The zero-order valence-corrected chi connectivity index (χ0v) is 12.4. The van der Waals surface area contributed by atoms with E-state index in [0.717, 1.165) is 6.42 Å². The van der Waals surface area contributed by atoms with Crippen molar-refractivity contribution in [3.8, 4) is 0 Å². The third-order valence-corrected chi connectivity index (χ3v) is 4.68. The van der Waals surface area contributed by atoms with Gasteiger partial charge in [0.05, 0.1) is 5.52 Å². The average molecular weight is 309 g/mol. The summed E-state index contributed by atoms with van der Waals surface area (Å²) in [4.78, 5) is 4.27. The molecule has 2 rings (SSSR count). The Labute approximate surface area is 124 Å². The Morgan fingerprint density at radius 2 is 2.00 bits per heavy atom. The maximum atomic E-state index is 12.3. The number of aromatic nitrogens is 1. The topological polar surface area (TPSA) is 105 Å². The molecule has 0 amide bonds. The summed E-state index contributed by atoms with van der Waals surface area (Å²) in [6, 6.07) is 6.51. The highest BCUT2D eigenvalue weighted by atomic mass is 32.2. The van der Waals surface area contributed by atoms with E-state index in [2.05, 4.69) is 9.71 Å². The van der Waals surface area contributed by atoms with Gasteiger partial charge in [0, 0.05) is 30.4 Å². The van der Waals surface area contributed by atoms with Gasteiger partial charge >= 0.3 is 0 Å². The molecule has 1 heterocycles. The minimum Gasteiger partial charge on any atom is -0.398 e. The van der Waals surface area contributed by atoms with E-state index in [1.54, 1.807) is 24.4 Å². The molecule has 1 aromatic carbocycles. The first kappa shape index (κ1) is 15.7. The van der Waals surface area contributed by atoms with Crippen LogP contribution >= 0.6 is 0 Å². The number of pyridine rings is 1.